The second-order valence-electron chi connectivity index (χ2n) is 5.34. The highest BCUT2D eigenvalue weighted by atomic mass is 32.2. The van der Waals surface area contributed by atoms with Crippen LogP contribution in [0, 0.1) is 5.41 Å². The summed E-state index contributed by atoms with van der Waals surface area (Å²) in [5, 5.41) is 0. The third kappa shape index (κ3) is 6.87. The molecule has 1 rings (SSSR count). The molecular weight excluding hydrogens is 290 g/mol. The van der Waals surface area contributed by atoms with E-state index in [2.05, 4.69) is 13.2 Å². The van der Waals surface area contributed by atoms with E-state index in [1.54, 1.807) is 18.2 Å². The van der Waals surface area contributed by atoms with E-state index in [0.717, 1.165) is 5.56 Å². The quantitative estimate of drug-likeness (QED) is 0.662. The van der Waals surface area contributed by atoms with Crippen molar-refractivity contribution in [3.8, 4) is 0 Å². The van der Waals surface area contributed by atoms with Crippen molar-refractivity contribution in [1.82, 2.24) is 0 Å². The summed E-state index contributed by atoms with van der Waals surface area (Å²) in [6.07, 6.45) is 1.59. The molecule has 1 aromatic rings. The average Bonchev–Trinajstić information content (AvgIpc) is 2.36. The van der Waals surface area contributed by atoms with E-state index in [-0.39, 0.29) is 10.3 Å². The Morgan fingerprint density at radius 2 is 1.67 bits per heavy atom. The summed E-state index contributed by atoms with van der Waals surface area (Å²) < 4.78 is 29.7. The summed E-state index contributed by atoms with van der Waals surface area (Å²) in [7, 11) is -4.06. The molecule has 0 bridgehead atoms. The van der Waals surface area contributed by atoms with Crippen molar-refractivity contribution in [2.24, 2.45) is 11.1 Å². The predicted molar refractivity (Wildman–Crippen MR) is 84.1 cm³/mol. The Hall–Kier alpha value is -1.92. The Morgan fingerprint density at radius 1 is 1.24 bits per heavy atom. The first kappa shape index (κ1) is 19.1. The molecule has 3 N–H and O–H groups in total. The number of hydrogen-bond donors (Lipinski definition) is 2. The third-order valence-corrected chi connectivity index (χ3v) is 3.48. The number of benzene rings is 1. The minimum Gasteiger partial charge on any atom is -0.366 e. The second-order valence-corrected chi connectivity index (χ2v) is 6.76. The van der Waals surface area contributed by atoms with Crippen molar-refractivity contribution < 1.29 is 17.8 Å². The molecule has 5 nitrogen and oxygen atoms in total. The second kappa shape index (κ2) is 7.19. The normalized spacial score (nSPS) is 11.0. The van der Waals surface area contributed by atoms with Crippen LogP contribution in [0.1, 0.15) is 26.3 Å². The molecule has 0 saturated carbocycles. The van der Waals surface area contributed by atoms with Crippen molar-refractivity contribution in [3.05, 3.63) is 48.6 Å². The third-order valence-electron chi connectivity index (χ3n) is 2.62. The van der Waals surface area contributed by atoms with Gasteiger partial charge < -0.3 is 5.73 Å². The minimum absolute atomic E-state index is 0.104. The van der Waals surface area contributed by atoms with Crippen LogP contribution < -0.4 is 5.73 Å². The van der Waals surface area contributed by atoms with Gasteiger partial charge in [0.2, 0.25) is 5.91 Å². The number of hydrogen-bond acceptors (Lipinski definition) is 3. The molecule has 0 atom stereocenters. The zero-order valence-corrected chi connectivity index (χ0v) is 13.3. The highest BCUT2D eigenvalue weighted by Crippen LogP contribution is 2.22. The molecule has 6 heteroatoms. The van der Waals surface area contributed by atoms with E-state index in [1.807, 2.05) is 20.8 Å². The van der Waals surface area contributed by atoms with Gasteiger partial charge in [-0.2, -0.15) is 8.42 Å². The fourth-order valence-electron chi connectivity index (χ4n) is 1.15. The molecule has 0 aliphatic heterocycles. The van der Waals surface area contributed by atoms with Crippen molar-refractivity contribution in [1.29, 1.82) is 0 Å². The summed E-state index contributed by atoms with van der Waals surface area (Å²) in [6, 6.07) is 5.78. The van der Waals surface area contributed by atoms with Gasteiger partial charge in [0, 0.05) is 5.57 Å². The molecule has 0 heterocycles. The van der Waals surface area contributed by atoms with Gasteiger partial charge in [-0.05, 0) is 23.1 Å². The molecule has 0 fully saturated rings. The predicted octanol–water partition coefficient (Wildman–Crippen LogP) is 2.65. The van der Waals surface area contributed by atoms with Gasteiger partial charge in [0.05, 0.1) is 4.90 Å². The lowest BCUT2D eigenvalue weighted by atomic mass is 9.87. The topological polar surface area (TPSA) is 97.5 Å². The van der Waals surface area contributed by atoms with E-state index in [4.69, 9.17) is 10.3 Å². The average molecular weight is 311 g/mol. The molecular formula is C15H21NO4S. The Kier molecular flexibility index (Phi) is 6.53. The first-order valence-corrected chi connectivity index (χ1v) is 7.52. The fraction of sp³-hybridized carbons (Fsp3) is 0.267. The number of primary amides is 1. The number of rotatable bonds is 3. The summed E-state index contributed by atoms with van der Waals surface area (Å²) in [4.78, 5) is 10.4. The van der Waals surface area contributed by atoms with Crippen LogP contribution in [0.15, 0.2) is 47.9 Å². The van der Waals surface area contributed by atoms with E-state index in [1.165, 1.54) is 12.1 Å². The fourth-order valence-corrected chi connectivity index (χ4v) is 1.63. The van der Waals surface area contributed by atoms with Gasteiger partial charge in [-0.3, -0.25) is 9.35 Å². The van der Waals surface area contributed by atoms with E-state index in [9.17, 15) is 13.2 Å². The number of nitrogens with two attached hydrogens (primary N) is 1. The highest BCUT2D eigenvalue weighted by molar-refractivity contribution is 7.85. The first-order valence-electron chi connectivity index (χ1n) is 6.08. The van der Waals surface area contributed by atoms with Gasteiger partial charge in [-0.1, -0.05) is 52.1 Å². The summed E-state index contributed by atoms with van der Waals surface area (Å²) in [6.45, 7) is 12.8. The van der Waals surface area contributed by atoms with Gasteiger partial charge in [-0.15, -0.1) is 0 Å². The monoisotopic (exact) mass is 311 g/mol. The maximum atomic E-state index is 10.6. The molecule has 0 saturated heterocycles. The smallest absolute Gasteiger partial charge is 0.294 e. The van der Waals surface area contributed by atoms with Crippen LogP contribution in [-0.2, 0) is 14.9 Å². The summed E-state index contributed by atoms with van der Waals surface area (Å²) in [5.74, 6) is -0.414. The molecule has 21 heavy (non-hydrogen) atoms. The van der Waals surface area contributed by atoms with E-state index < -0.39 is 16.0 Å². The minimum atomic E-state index is -4.06. The Balaban J connectivity index is 0.000000400. The van der Waals surface area contributed by atoms with E-state index >= 15 is 0 Å². The molecule has 0 spiro atoms. The van der Waals surface area contributed by atoms with Gasteiger partial charge in [-0.25, -0.2) is 0 Å². The van der Waals surface area contributed by atoms with Crippen LogP contribution in [0.2, 0.25) is 0 Å². The highest BCUT2D eigenvalue weighted by Gasteiger charge is 2.18. The maximum Gasteiger partial charge on any atom is 0.294 e. The molecule has 0 aliphatic carbocycles. The molecule has 0 unspecified atom stereocenters. The molecule has 1 aromatic carbocycles. The number of carbonyl (C=O) groups is 1. The van der Waals surface area contributed by atoms with E-state index in [0.29, 0.717) is 5.57 Å². The number of carbonyl (C=O) groups excluding carboxylic acids is 1. The van der Waals surface area contributed by atoms with Crippen molar-refractivity contribution >= 4 is 22.1 Å². The van der Waals surface area contributed by atoms with Gasteiger partial charge >= 0.3 is 0 Å². The Labute approximate surface area is 125 Å². The molecule has 0 radical (unpaired) electrons. The SMILES string of the molecule is C=C(C(N)=O)C(C)(C)C.C=Cc1ccc(S(=O)(=O)O)cc1. The van der Waals surface area contributed by atoms with Gasteiger partial charge in [0.1, 0.15) is 0 Å². The molecule has 0 aromatic heterocycles. The maximum absolute atomic E-state index is 10.6. The van der Waals surface area contributed by atoms with Crippen LogP contribution in [0.4, 0.5) is 0 Å². The Morgan fingerprint density at radius 3 is 1.86 bits per heavy atom. The lowest BCUT2D eigenvalue weighted by Gasteiger charge is -2.17. The lowest BCUT2D eigenvalue weighted by Crippen LogP contribution is -2.23. The zero-order valence-electron chi connectivity index (χ0n) is 12.5. The lowest BCUT2D eigenvalue weighted by molar-refractivity contribution is -0.115. The van der Waals surface area contributed by atoms with Crippen LogP contribution in [-0.4, -0.2) is 18.9 Å². The first-order chi connectivity index (χ1) is 9.39. The van der Waals surface area contributed by atoms with Crippen LogP contribution in [0.25, 0.3) is 6.08 Å². The number of amides is 1. The summed E-state index contributed by atoms with van der Waals surface area (Å²) >= 11 is 0. The molecule has 0 aliphatic rings. The largest absolute Gasteiger partial charge is 0.366 e. The van der Waals surface area contributed by atoms with Gasteiger partial charge in [0.15, 0.2) is 0 Å². The van der Waals surface area contributed by atoms with Crippen molar-refractivity contribution in [2.45, 2.75) is 25.7 Å². The van der Waals surface area contributed by atoms with Crippen LogP contribution >= 0.6 is 0 Å². The van der Waals surface area contributed by atoms with Crippen molar-refractivity contribution in [2.75, 3.05) is 0 Å². The van der Waals surface area contributed by atoms with Gasteiger partial charge in [0.25, 0.3) is 10.1 Å². The standard InChI is InChI=1S/C8H8O3S.C7H13NO/c1-2-7-3-5-8(6-4-7)12(9,10)11;1-5(6(8)9)7(2,3)4/h2-6H,1H2,(H,9,10,11);1H2,2-4H3,(H2,8,9). The Bertz CT molecular complexity index is 623. The molecule has 116 valence electrons. The molecule has 1 amide bonds. The van der Waals surface area contributed by atoms with Crippen LogP contribution in [0.5, 0.6) is 0 Å². The zero-order chi connectivity index (χ0) is 16.8. The van der Waals surface area contributed by atoms with Crippen LogP contribution in [0.3, 0.4) is 0 Å². The van der Waals surface area contributed by atoms with Crippen molar-refractivity contribution in [3.63, 3.8) is 0 Å². The summed E-state index contributed by atoms with van der Waals surface area (Å²) in [5.41, 5.74) is 6.08.